The van der Waals surface area contributed by atoms with Gasteiger partial charge in [0.15, 0.2) is 0 Å². The van der Waals surface area contributed by atoms with E-state index in [1.807, 2.05) is 30.3 Å². The van der Waals surface area contributed by atoms with Crippen molar-refractivity contribution in [1.29, 1.82) is 5.26 Å². The SMILES string of the molecule is N#CC(CN1CCC(O)CC1)c1ccccc1. The number of hydrogen-bond donors (Lipinski definition) is 1. The highest BCUT2D eigenvalue weighted by atomic mass is 16.3. The molecule has 0 saturated carbocycles. The van der Waals surface area contributed by atoms with Crippen molar-refractivity contribution >= 4 is 0 Å². The van der Waals surface area contributed by atoms with E-state index in [9.17, 15) is 10.4 Å². The molecule has 1 aromatic carbocycles. The van der Waals surface area contributed by atoms with E-state index >= 15 is 0 Å². The van der Waals surface area contributed by atoms with Gasteiger partial charge in [-0.2, -0.15) is 5.26 Å². The van der Waals surface area contributed by atoms with Gasteiger partial charge in [-0.1, -0.05) is 30.3 Å². The molecule has 1 N–H and O–H groups in total. The van der Waals surface area contributed by atoms with Gasteiger partial charge in [0.25, 0.3) is 0 Å². The minimum Gasteiger partial charge on any atom is -0.393 e. The third-order valence-electron chi connectivity index (χ3n) is 3.36. The molecule has 0 aromatic heterocycles. The van der Waals surface area contributed by atoms with Gasteiger partial charge >= 0.3 is 0 Å². The smallest absolute Gasteiger partial charge is 0.0839 e. The van der Waals surface area contributed by atoms with Crippen molar-refractivity contribution < 1.29 is 5.11 Å². The fourth-order valence-electron chi connectivity index (χ4n) is 2.27. The highest BCUT2D eigenvalue weighted by Gasteiger charge is 2.20. The molecule has 1 aromatic rings. The molecule has 90 valence electrons. The van der Waals surface area contributed by atoms with Crippen LogP contribution in [-0.2, 0) is 0 Å². The molecular weight excluding hydrogens is 212 g/mol. The maximum Gasteiger partial charge on any atom is 0.0839 e. The van der Waals surface area contributed by atoms with E-state index in [2.05, 4.69) is 11.0 Å². The predicted molar refractivity (Wildman–Crippen MR) is 66.5 cm³/mol. The molecule has 1 atom stereocenters. The first-order valence-electron chi connectivity index (χ1n) is 6.14. The van der Waals surface area contributed by atoms with E-state index in [-0.39, 0.29) is 12.0 Å². The van der Waals surface area contributed by atoms with Crippen LogP contribution in [-0.4, -0.2) is 35.7 Å². The van der Waals surface area contributed by atoms with Crippen LogP contribution in [0.2, 0.25) is 0 Å². The summed E-state index contributed by atoms with van der Waals surface area (Å²) in [6.07, 6.45) is 1.50. The minimum absolute atomic E-state index is 0.0635. The monoisotopic (exact) mass is 230 g/mol. The zero-order chi connectivity index (χ0) is 12.1. The van der Waals surface area contributed by atoms with Crippen LogP contribution in [0.15, 0.2) is 30.3 Å². The van der Waals surface area contributed by atoms with E-state index in [0.717, 1.165) is 38.0 Å². The largest absolute Gasteiger partial charge is 0.393 e. The third-order valence-corrected chi connectivity index (χ3v) is 3.36. The fraction of sp³-hybridized carbons (Fsp3) is 0.500. The highest BCUT2D eigenvalue weighted by molar-refractivity contribution is 5.25. The number of piperidine rings is 1. The Bertz CT molecular complexity index is 377. The summed E-state index contributed by atoms with van der Waals surface area (Å²) < 4.78 is 0. The predicted octanol–water partition coefficient (Wildman–Crippen LogP) is 1.75. The summed E-state index contributed by atoms with van der Waals surface area (Å²) in [5.74, 6) is -0.0635. The van der Waals surface area contributed by atoms with Crippen LogP contribution in [0.4, 0.5) is 0 Å². The Hall–Kier alpha value is -1.37. The molecule has 1 fully saturated rings. The van der Waals surface area contributed by atoms with Crippen molar-refractivity contribution in [2.75, 3.05) is 19.6 Å². The Balaban J connectivity index is 1.95. The molecule has 0 bridgehead atoms. The van der Waals surface area contributed by atoms with Crippen LogP contribution >= 0.6 is 0 Å². The maximum absolute atomic E-state index is 9.44. The van der Waals surface area contributed by atoms with Crippen LogP contribution in [0.5, 0.6) is 0 Å². The van der Waals surface area contributed by atoms with Crippen molar-refractivity contribution in [3.63, 3.8) is 0 Å². The molecule has 17 heavy (non-hydrogen) atoms. The van der Waals surface area contributed by atoms with Crippen molar-refractivity contribution in [2.24, 2.45) is 0 Å². The van der Waals surface area contributed by atoms with Crippen molar-refractivity contribution in [1.82, 2.24) is 4.90 Å². The number of aliphatic hydroxyl groups excluding tert-OH is 1. The Morgan fingerprint density at radius 2 is 1.94 bits per heavy atom. The lowest BCUT2D eigenvalue weighted by atomic mass is 9.98. The maximum atomic E-state index is 9.44. The standard InChI is InChI=1S/C14H18N2O/c15-10-13(12-4-2-1-3-5-12)11-16-8-6-14(17)7-9-16/h1-5,13-14,17H,6-9,11H2. The normalized spacial score (nSPS) is 19.8. The van der Waals surface area contributed by atoms with E-state index in [1.54, 1.807) is 0 Å². The molecule has 1 aliphatic heterocycles. The van der Waals surface area contributed by atoms with Gasteiger partial charge in [0.1, 0.15) is 0 Å². The van der Waals surface area contributed by atoms with Crippen LogP contribution in [0.3, 0.4) is 0 Å². The van der Waals surface area contributed by atoms with E-state index in [0.29, 0.717) is 0 Å². The lowest BCUT2D eigenvalue weighted by Gasteiger charge is -2.30. The van der Waals surface area contributed by atoms with E-state index < -0.39 is 0 Å². The second-order valence-corrected chi connectivity index (χ2v) is 4.62. The molecule has 0 aliphatic carbocycles. The van der Waals surface area contributed by atoms with Gasteiger partial charge in [0.05, 0.1) is 18.1 Å². The Morgan fingerprint density at radius 1 is 1.29 bits per heavy atom. The zero-order valence-corrected chi connectivity index (χ0v) is 9.92. The number of nitrogens with zero attached hydrogens (tertiary/aromatic N) is 2. The number of likely N-dealkylation sites (tertiary alicyclic amines) is 1. The Morgan fingerprint density at radius 3 is 2.53 bits per heavy atom. The van der Waals surface area contributed by atoms with Gasteiger partial charge < -0.3 is 10.0 Å². The summed E-state index contributed by atoms with van der Waals surface area (Å²) in [5.41, 5.74) is 1.08. The van der Waals surface area contributed by atoms with Crippen LogP contribution < -0.4 is 0 Å². The summed E-state index contributed by atoms with van der Waals surface area (Å²) >= 11 is 0. The van der Waals surface area contributed by atoms with Gasteiger partial charge in [-0.3, -0.25) is 0 Å². The molecule has 0 amide bonds. The van der Waals surface area contributed by atoms with Gasteiger partial charge in [0, 0.05) is 19.6 Å². The molecule has 2 rings (SSSR count). The Kier molecular flexibility index (Phi) is 4.13. The van der Waals surface area contributed by atoms with Gasteiger partial charge in [-0.15, -0.1) is 0 Å². The summed E-state index contributed by atoms with van der Waals surface area (Å²) in [6.45, 7) is 2.56. The number of nitriles is 1. The number of benzene rings is 1. The average Bonchev–Trinajstić information content (AvgIpc) is 2.39. The molecule has 1 unspecified atom stereocenters. The summed E-state index contributed by atoms with van der Waals surface area (Å²) in [7, 11) is 0. The average molecular weight is 230 g/mol. The molecule has 3 nitrogen and oxygen atoms in total. The second-order valence-electron chi connectivity index (χ2n) is 4.62. The molecule has 1 saturated heterocycles. The van der Waals surface area contributed by atoms with Crippen molar-refractivity contribution in [3.8, 4) is 6.07 Å². The lowest BCUT2D eigenvalue weighted by Crippen LogP contribution is -2.38. The first-order chi connectivity index (χ1) is 8.29. The summed E-state index contributed by atoms with van der Waals surface area (Å²) in [4.78, 5) is 2.27. The van der Waals surface area contributed by atoms with Gasteiger partial charge in [-0.05, 0) is 18.4 Å². The third kappa shape index (κ3) is 3.29. The summed E-state index contributed by atoms with van der Waals surface area (Å²) in [6, 6.07) is 12.3. The van der Waals surface area contributed by atoms with E-state index in [1.165, 1.54) is 0 Å². The quantitative estimate of drug-likeness (QED) is 0.860. The second kappa shape index (κ2) is 5.81. The van der Waals surface area contributed by atoms with Crippen LogP contribution in [0.1, 0.15) is 24.3 Å². The Labute approximate surface area is 102 Å². The number of aliphatic hydroxyl groups is 1. The first-order valence-corrected chi connectivity index (χ1v) is 6.14. The molecular formula is C14H18N2O. The topological polar surface area (TPSA) is 47.3 Å². The molecule has 3 heteroatoms. The number of rotatable bonds is 3. The van der Waals surface area contributed by atoms with Crippen LogP contribution in [0.25, 0.3) is 0 Å². The molecule has 0 radical (unpaired) electrons. The summed E-state index contributed by atoms with van der Waals surface area (Å²) in [5, 5.41) is 18.7. The molecule has 1 heterocycles. The number of hydrogen-bond acceptors (Lipinski definition) is 3. The highest BCUT2D eigenvalue weighted by Crippen LogP contribution is 2.18. The minimum atomic E-state index is -0.150. The molecule has 0 spiro atoms. The lowest BCUT2D eigenvalue weighted by molar-refractivity contribution is 0.0817. The first kappa shape index (κ1) is 12.1. The van der Waals surface area contributed by atoms with Crippen molar-refractivity contribution in [3.05, 3.63) is 35.9 Å². The van der Waals surface area contributed by atoms with E-state index in [4.69, 9.17) is 0 Å². The van der Waals surface area contributed by atoms with Crippen LogP contribution in [0, 0.1) is 11.3 Å². The van der Waals surface area contributed by atoms with Gasteiger partial charge in [0.2, 0.25) is 0 Å². The van der Waals surface area contributed by atoms with Crippen molar-refractivity contribution in [2.45, 2.75) is 24.9 Å². The zero-order valence-electron chi connectivity index (χ0n) is 9.92. The molecule has 1 aliphatic rings. The van der Waals surface area contributed by atoms with Gasteiger partial charge in [-0.25, -0.2) is 0 Å². The fourth-order valence-corrected chi connectivity index (χ4v) is 2.27.